The van der Waals surface area contributed by atoms with Crippen LogP contribution in [0.15, 0.2) is 23.0 Å². The lowest BCUT2D eigenvalue weighted by atomic mass is 9.58. The van der Waals surface area contributed by atoms with Crippen LogP contribution in [0.3, 0.4) is 0 Å². The van der Waals surface area contributed by atoms with Gasteiger partial charge in [-0.25, -0.2) is 9.78 Å². The predicted octanol–water partition coefficient (Wildman–Crippen LogP) is 3.33. The molecule has 7 aliphatic rings. The molecule has 6 aliphatic heterocycles. The minimum absolute atomic E-state index is 0.00832. The third-order valence-electron chi connectivity index (χ3n) is 10.7. The van der Waals surface area contributed by atoms with Gasteiger partial charge >= 0.3 is 5.97 Å². The molecule has 10 heteroatoms. The van der Waals surface area contributed by atoms with Gasteiger partial charge in [-0.2, -0.15) is 0 Å². The van der Waals surface area contributed by atoms with Crippen molar-refractivity contribution in [3.05, 3.63) is 34.2 Å². The van der Waals surface area contributed by atoms with Crippen molar-refractivity contribution < 1.29 is 33.6 Å². The summed E-state index contributed by atoms with van der Waals surface area (Å²) >= 11 is 0. The molecule has 218 valence electrons. The van der Waals surface area contributed by atoms with Crippen molar-refractivity contribution in [1.29, 1.82) is 0 Å². The summed E-state index contributed by atoms with van der Waals surface area (Å²) in [4.78, 5) is 52.3. The molecule has 4 bridgehead atoms. The van der Waals surface area contributed by atoms with E-state index in [9.17, 15) is 14.4 Å². The Morgan fingerprint density at radius 3 is 2.75 bits per heavy atom. The van der Waals surface area contributed by atoms with Gasteiger partial charge in [-0.3, -0.25) is 14.4 Å². The fourth-order valence-corrected chi connectivity index (χ4v) is 8.66. The highest BCUT2D eigenvalue weighted by molar-refractivity contribution is 5.81. The molecule has 1 aromatic rings. The molecule has 0 aromatic carbocycles. The monoisotopic (exact) mass is 556 g/mol. The average molecular weight is 557 g/mol. The van der Waals surface area contributed by atoms with E-state index in [4.69, 9.17) is 24.0 Å². The molecular weight excluding hydrogens is 516 g/mol. The smallest absolute Gasteiger partial charge is 0.308 e. The molecule has 1 saturated carbocycles. The molecule has 1 aliphatic carbocycles. The van der Waals surface area contributed by atoms with E-state index < -0.39 is 29.9 Å². The summed E-state index contributed by atoms with van der Waals surface area (Å²) in [5.74, 6) is -0.339. The van der Waals surface area contributed by atoms with E-state index in [1.807, 2.05) is 29.4 Å². The van der Waals surface area contributed by atoms with Crippen LogP contribution in [0.1, 0.15) is 77.3 Å². The second kappa shape index (κ2) is 9.64. The molecule has 0 unspecified atom stereocenters. The van der Waals surface area contributed by atoms with Gasteiger partial charge in [0.2, 0.25) is 18.0 Å². The molecule has 6 fully saturated rings. The van der Waals surface area contributed by atoms with Crippen LogP contribution in [0.2, 0.25) is 0 Å². The zero-order chi connectivity index (χ0) is 27.8. The van der Waals surface area contributed by atoms with Crippen LogP contribution in [-0.4, -0.2) is 58.4 Å². The zero-order valence-electron chi connectivity index (χ0n) is 23.6. The number of fused-ring (bicyclic) bond motifs is 6. The van der Waals surface area contributed by atoms with Gasteiger partial charge in [-0.1, -0.05) is 19.9 Å². The second-order valence-corrected chi connectivity index (χ2v) is 13.3. The topological polar surface area (TPSA) is 106 Å². The average Bonchev–Trinajstić information content (AvgIpc) is 3.16. The minimum atomic E-state index is -0.889. The molecule has 40 heavy (non-hydrogen) atoms. The van der Waals surface area contributed by atoms with Crippen LogP contribution in [0, 0.1) is 29.6 Å². The molecule has 8 rings (SSSR count). The van der Waals surface area contributed by atoms with E-state index in [2.05, 4.69) is 6.92 Å². The number of esters is 1. The number of carbonyl (C=O) groups is 2. The maximum atomic E-state index is 13.2. The summed E-state index contributed by atoms with van der Waals surface area (Å²) in [7, 11) is 0. The summed E-state index contributed by atoms with van der Waals surface area (Å²) < 4.78 is 20.4. The van der Waals surface area contributed by atoms with Crippen LogP contribution in [0.25, 0.3) is 0 Å². The highest BCUT2D eigenvalue weighted by atomic mass is 17.3. The number of ether oxygens (including phenoxy) is 3. The van der Waals surface area contributed by atoms with Gasteiger partial charge in [0.1, 0.15) is 0 Å². The quantitative estimate of drug-likeness (QED) is 0.411. The van der Waals surface area contributed by atoms with Gasteiger partial charge in [0.25, 0.3) is 5.56 Å². The summed E-state index contributed by atoms with van der Waals surface area (Å²) in [6, 6.07) is 5.37. The minimum Gasteiger partial charge on any atom is -0.435 e. The van der Waals surface area contributed by atoms with Gasteiger partial charge in [0.05, 0.1) is 6.42 Å². The second-order valence-electron chi connectivity index (χ2n) is 13.3. The number of hydrogen-bond donors (Lipinski definition) is 0. The number of nitrogens with zero attached hydrogens (tertiary/aromatic N) is 2. The van der Waals surface area contributed by atoms with Gasteiger partial charge in [0, 0.05) is 62.0 Å². The first-order chi connectivity index (χ1) is 19.2. The third-order valence-corrected chi connectivity index (χ3v) is 10.7. The van der Waals surface area contributed by atoms with Gasteiger partial charge in [-0.05, 0) is 56.4 Å². The number of rotatable bonds is 4. The van der Waals surface area contributed by atoms with Crippen molar-refractivity contribution in [2.45, 2.75) is 102 Å². The van der Waals surface area contributed by atoms with Gasteiger partial charge in [0.15, 0.2) is 11.9 Å². The molecular formula is C30H40N2O8. The summed E-state index contributed by atoms with van der Waals surface area (Å²) in [6.45, 7) is 7.99. The van der Waals surface area contributed by atoms with Crippen molar-refractivity contribution in [1.82, 2.24) is 9.47 Å². The Hall–Kier alpha value is -2.27. The lowest BCUT2D eigenvalue weighted by Gasteiger charge is -2.59. The van der Waals surface area contributed by atoms with Crippen LogP contribution >= 0.6 is 0 Å². The summed E-state index contributed by atoms with van der Waals surface area (Å²) in [6.07, 6.45) is 3.26. The largest absolute Gasteiger partial charge is 0.435 e. The Kier molecular flexibility index (Phi) is 6.42. The van der Waals surface area contributed by atoms with Crippen molar-refractivity contribution >= 4 is 11.9 Å². The van der Waals surface area contributed by atoms with E-state index in [0.29, 0.717) is 25.6 Å². The lowest BCUT2D eigenvalue weighted by molar-refractivity contribution is -0.576. The molecule has 10 nitrogen and oxygen atoms in total. The summed E-state index contributed by atoms with van der Waals surface area (Å²) in [5, 5.41) is 0. The van der Waals surface area contributed by atoms with Crippen molar-refractivity contribution in [2.24, 2.45) is 29.6 Å². The first-order valence-electron chi connectivity index (χ1n) is 15.0. The molecule has 5 saturated heterocycles. The Bertz CT molecular complexity index is 1250. The van der Waals surface area contributed by atoms with Crippen molar-refractivity contribution in [3.8, 4) is 0 Å². The van der Waals surface area contributed by atoms with E-state index in [0.717, 1.165) is 37.8 Å². The first-order valence-corrected chi connectivity index (χ1v) is 15.0. The number of carbonyl (C=O) groups excluding carboxylic acids is 2. The molecule has 0 radical (unpaired) electrons. The normalized spacial score (nSPS) is 43.3. The predicted molar refractivity (Wildman–Crippen MR) is 140 cm³/mol. The maximum absolute atomic E-state index is 13.2. The van der Waals surface area contributed by atoms with Crippen molar-refractivity contribution in [3.63, 3.8) is 0 Å². The van der Waals surface area contributed by atoms with E-state index in [1.54, 1.807) is 12.1 Å². The standard InChI is InChI=1S/C30H40N2O8/c1-17-7-8-22-18(2)27(37-28-30(22)21(17)11-12-29(3,38-28)39-40-30)36-26(35)10-9-24(33)31-14-19-13-20(16-31)23-5-4-6-25(34)32(23)15-19/h4-6,17-22,27-28H,7-16H2,1-3H3/t17-,18-,19-,20+,21-,22+,27-,28-,29+,30-/m1/s1. The maximum Gasteiger partial charge on any atom is 0.308 e. The van der Waals surface area contributed by atoms with E-state index in [-0.39, 0.29) is 53.9 Å². The summed E-state index contributed by atoms with van der Waals surface area (Å²) in [5.41, 5.74) is 0.314. The Labute approximate surface area is 234 Å². The highest BCUT2D eigenvalue weighted by Crippen LogP contribution is 2.60. The van der Waals surface area contributed by atoms with Crippen molar-refractivity contribution in [2.75, 3.05) is 13.1 Å². The fraction of sp³-hybridized carbons (Fsp3) is 0.767. The zero-order valence-corrected chi connectivity index (χ0v) is 23.6. The Morgan fingerprint density at radius 2 is 1.90 bits per heavy atom. The lowest BCUT2D eigenvalue weighted by Crippen LogP contribution is -2.70. The van der Waals surface area contributed by atoms with Crippen LogP contribution in [0.4, 0.5) is 0 Å². The first kappa shape index (κ1) is 26.6. The Balaban J connectivity index is 0.990. The molecule has 0 N–H and O–H groups in total. The molecule has 7 heterocycles. The van der Waals surface area contributed by atoms with Crippen LogP contribution in [-0.2, 0) is 40.1 Å². The highest BCUT2D eigenvalue weighted by Gasteiger charge is 2.69. The van der Waals surface area contributed by atoms with Crippen LogP contribution in [0.5, 0.6) is 0 Å². The molecule has 1 aromatic heterocycles. The number of hydrogen-bond acceptors (Lipinski definition) is 8. The van der Waals surface area contributed by atoms with Crippen LogP contribution < -0.4 is 5.56 Å². The van der Waals surface area contributed by atoms with Gasteiger partial charge < -0.3 is 23.7 Å². The molecule has 1 spiro atoms. The number of aromatic nitrogens is 1. The number of piperidine rings is 1. The molecule has 10 atom stereocenters. The van der Waals surface area contributed by atoms with E-state index >= 15 is 0 Å². The van der Waals surface area contributed by atoms with E-state index in [1.165, 1.54) is 0 Å². The number of amides is 1. The third kappa shape index (κ3) is 4.16. The fourth-order valence-electron chi connectivity index (χ4n) is 8.66. The van der Waals surface area contributed by atoms with Gasteiger partial charge in [-0.15, -0.1) is 0 Å². The number of pyridine rings is 1. The molecule has 1 amide bonds. The number of likely N-dealkylation sites (tertiary alicyclic amines) is 1. The Morgan fingerprint density at radius 1 is 1.05 bits per heavy atom. The SMILES string of the molecule is C[C@H]1[C@H](OC(=O)CCC(=O)N2C[C@H]3C[C@@H](C2)c2cccc(=O)n2C3)O[C@@H]2O[C@]3(C)CC[C@@H]4[C@H](C)CC[C@@H]1[C@@]24OO3.